The number of hydrogen-bond acceptors (Lipinski definition) is 6. The normalized spacial score (nSPS) is 16.8. The highest BCUT2D eigenvalue weighted by Gasteiger charge is 2.26. The van der Waals surface area contributed by atoms with Crippen molar-refractivity contribution in [3.8, 4) is 0 Å². The minimum Gasteiger partial charge on any atom is -0.351 e. The Kier molecular flexibility index (Phi) is 4.49. The SMILES string of the molecule is O=C(Cn1ncccc1=O)N1CCN(c2nccn3nc4c(c23)CCCC4)CC1. The molecule has 1 aliphatic carbocycles. The Bertz CT molecular complexity index is 1110. The highest BCUT2D eigenvalue weighted by molar-refractivity contribution is 5.77. The maximum atomic E-state index is 12.6. The Balaban J connectivity index is 1.32. The van der Waals surface area contributed by atoms with Crippen molar-refractivity contribution >= 4 is 17.2 Å². The lowest BCUT2D eigenvalue weighted by Crippen LogP contribution is -2.50. The van der Waals surface area contributed by atoms with Crippen molar-refractivity contribution in [1.82, 2.24) is 29.3 Å². The van der Waals surface area contributed by atoms with E-state index in [4.69, 9.17) is 5.10 Å². The highest BCUT2D eigenvalue weighted by Crippen LogP contribution is 2.30. The molecule has 3 aromatic rings. The van der Waals surface area contributed by atoms with Gasteiger partial charge in [0.15, 0.2) is 5.82 Å². The smallest absolute Gasteiger partial charge is 0.267 e. The molecule has 3 aromatic heterocycles. The molecule has 1 amide bonds. The topological polar surface area (TPSA) is 88.6 Å². The van der Waals surface area contributed by atoms with Gasteiger partial charge in [0.05, 0.1) is 5.69 Å². The van der Waals surface area contributed by atoms with Crippen molar-refractivity contribution in [2.45, 2.75) is 32.2 Å². The highest BCUT2D eigenvalue weighted by atomic mass is 16.2. The summed E-state index contributed by atoms with van der Waals surface area (Å²) in [5, 5.41) is 8.72. The summed E-state index contributed by atoms with van der Waals surface area (Å²) in [7, 11) is 0. The Morgan fingerprint density at radius 3 is 2.72 bits per heavy atom. The standard InChI is InChI=1S/C20H23N7O2/c28-17-6-3-7-22-27(17)14-18(29)24-10-12-25(13-11-24)20-19-15-4-1-2-5-16(15)23-26(19)9-8-21-20/h3,6-9H,1-2,4-5,10-14H2. The first kappa shape index (κ1) is 17.8. The second kappa shape index (κ2) is 7.31. The van der Waals surface area contributed by atoms with Crippen LogP contribution in [0, 0.1) is 0 Å². The molecule has 0 saturated carbocycles. The third-order valence-electron chi connectivity index (χ3n) is 5.80. The van der Waals surface area contributed by atoms with Crippen LogP contribution in [-0.4, -0.2) is 61.4 Å². The molecule has 0 bridgehead atoms. The minimum atomic E-state index is -0.263. The number of aryl methyl sites for hydroxylation is 2. The average Bonchev–Trinajstić information content (AvgIpc) is 3.14. The van der Waals surface area contributed by atoms with Gasteiger partial charge in [-0.25, -0.2) is 14.2 Å². The first-order valence-corrected chi connectivity index (χ1v) is 10.1. The summed E-state index contributed by atoms with van der Waals surface area (Å²) in [6, 6.07) is 2.99. The zero-order chi connectivity index (χ0) is 19.8. The summed E-state index contributed by atoms with van der Waals surface area (Å²) >= 11 is 0. The van der Waals surface area contributed by atoms with Crippen molar-refractivity contribution in [3.63, 3.8) is 0 Å². The number of anilines is 1. The summed E-state index contributed by atoms with van der Waals surface area (Å²) in [6.45, 7) is 2.58. The van der Waals surface area contributed by atoms with Gasteiger partial charge in [0, 0.05) is 56.4 Å². The largest absolute Gasteiger partial charge is 0.351 e. The molecule has 150 valence electrons. The molecule has 29 heavy (non-hydrogen) atoms. The Hall–Kier alpha value is -3.23. The van der Waals surface area contributed by atoms with Gasteiger partial charge in [-0.05, 0) is 31.7 Å². The number of hydrogen-bond donors (Lipinski definition) is 0. The number of piperazine rings is 1. The molecule has 0 N–H and O–H groups in total. The number of carbonyl (C=O) groups excluding carboxylic acids is 1. The number of amides is 1. The number of fused-ring (bicyclic) bond motifs is 3. The Morgan fingerprint density at radius 2 is 1.90 bits per heavy atom. The van der Waals surface area contributed by atoms with E-state index >= 15 is 0 Å². The molecule has 0 radical (unpaired) electrons. The zero-order valence-corrected chi connectivity index (χ0v) is 16.2. The number of nitrogens with zero attached hydrogens (tertiary/aromatic N) is 7. The van der Waals surface area contributed by atoms with Crippen LogP contribution in [0.15, 0.2) is 35.5 Å². The van der Waals surface area contributed by atoms with Crippen LogP contribution < -0.4 is 10.5 Å². The third-order valence-corrected chi connectivity index (χ3v) is 5.80. The molecular weight excluding hydrogens is 370 g/mol. The zero-order valence-electron chi connectivity index (χ0n) is 16.2. The lowest BCUT2D eigenvalue weighted by molar-refractivity contribution is -0.132. The van der Waals surface area contributed by atoms with E-state index in [9.17, 15) is 9.59 Å². The molecule has 9 nitrogen and oxygen atoms in total. The predicted molar refractivity (Wildman–Crippen MR) is 107 cm³/mol. The molecule has 0 atom stereocenters. The van der Waals surface area contributed by atoms with Crippen LogP contribution in [0.5, 0.6) is 0 Å². The van der Waals surface area contributed by atoms with Gasteiger partial charge < -0.3 is 9.80 Å². The molecule has 5 rings (SSSR count). The Labute approximate surface area is 167 Å². The van der Waals surface area contributed by atoms with Gasteiger partial charge in [0.25, 0.3) is 5.56 Å². The van der Waals surface area contributed by atoms with Gasteiger partial charge in [0.1, 0.15) is 12.1 Å². The fourth-order valence-electron chi connectivity index (χ4n) is 4.28. The van der Waals surface area contributed by atoms with E-state index in [0.717, 1.165) is 24.2 Å². The van der Waals surface area contributed by atoms with Crippen molar-refractivity contribution in [1.29, 1.82) is 0 Å². The summed E-state index contributed by atoms with van der Waals surface area (Å²) in [6.07, 6.45) is 9.70. The van der Waals surface area contributed by atoms with Gasteiger partial charge in [-0.15, -0.1) is 0 Å². The van der Waals surface area contributed by atoms with Crippen LogP contribution in [0.1, 0.15) is 24.1 Å². The third kappa shape index (κ3) is 3.26. The van der Waals surface area contributed by atoms with E-state index in [2.05, 4.69) is 15.0 Å². The second-order valence-corrected chi connectivity index (χ2v) is 7.56. The van der Waals surface area contributed by atoms with E-state index in [-0.39, 0.29) is 18.0 Å². The molecule has 1 fully saturated rings. The summed E-state index contributed by atoms with van der Waals surface area (Å²) in [4.78, 5) is 33.1. The van der Waals surface area contributed by atoms with Gasteiger partial charge in [-0.2, -0.15) is 10.2 Å². The fourth-order valence-corrected chi connectivity index (χ4v) is 4.28. The van der Waals surface area contributed by atoms with E-state index in [0.29, 0.717) is 26.2 Å². The van der Waals surface area contributed by atoms with Crippen LogP contribution in [0.25, 0.3) is 5.52 Å². The lowest BCUT2D eigenvalue weighted by Gasteiger charge is -2.35. The van der Waals surface area contributed by atoms with Crippen molar-refractivity contribution in [2.75, 3.05) is 31.1 Å². The van der Waals surface area contributed by atoms with Gasteiger partial charge in [-0.3, -0.25) is 9.59 Å². The van der Waals surface area contributed by atoms with Gasteiger partial charge in [-0.1, -0.05) is 0 Å². The fraction of sp³-hybridized carbons (Fsp3) is 0.450. The molecule has 1 saturated heterocycles. The van der Waals surface area contributed by atoms with E-state index in [1.807, 2.05) is 10.7 Å². The molecule has 1 aliphatic heterocycles. The molecule has 0 aromatic carbocycles. The van der Waals surface area contributed by atoms with Crippen molar-refractivity contribution in [2.24, 2.45) is 0 Å². The van der Waals surface area contributed by atoms with E-state index < -0.39 is 0 Å². The monoisotopic (exact) mass is 393 g/mol. The van der Waals surface area contributed by atoms with Crippen LogP contribution in [0.4, 0.5) is 5.82 Å². The Morgan fingerprint density at radius 1 is 1.07 bits per heavy atom. The van der Waals surface area contributed by atoms with Crippen molar-refractivity contribution in [3.05, 3.63) is 52.3 Å². The first-order chi connectivity index (χ1) is 14.2. The summed E-state index contributed by atoms with van der Waals surface area (Å²) in [5.74, 6) is 0.870. The molecule has 2 aliphatic rings. The molecule has 0 spiro atoms. The maximum absolute atomic E-state index is 12.6. The van der Waals surface area contributed by atoms with E-state index in [1.54, 1.807) is 17.2 Å². The van der Waals surface area contributed by atoms with Crippen LogP contribution >= 0.6 is 0 Å². The average molecular weight is 393 g/mol. The summed E-state index contributed by atoms with van der Waals surface area (Å²) in [5.41, 5.74) is 3.37. The molecular formula is C20H23N7O2. The maximum Gasteiger partial charge on any atom is 0.267 e. The molecule has 9 heteroatoms. The van der Waals surface area contributed by atoms with Crippen LogP contribution in [0.2, 0.25) is 0 Å². The van der Waals surface area contributed by atoms with Gasteiger partial charge in [0.2, 0.25) is 5.91 Å². The number of carbonyl (C=O) groups is 1. The van der Waals surface area contributed by atoms with E-state index in [1.165, 1.54) is 41.0 Å². The first-order valence-electron chi connectivity index (χ1n) is 10.1. The summed E-state index contributed by atoms with van der Waals surface area (Å²) < 4.78 is 3.17. The second-order valence-electron chi connectivity index (χ2n) is 7.56. The molecule has 0 unspecified atom stereocenters. The number of rotatable bonds is 3. The minimum absolute atomic E-state index is 0.0242. The molecule has 4 heterocycles. The quantitative estimate of drug-likeness (QED) is 0.644. The number of aromatic nitrogens is 5. The van der Waals surface area contributed by atoms with Crippen LogP contribution in [0.3, 0.4) is 0 Å². The van der Waals surface area contributed by atoms with Crippen LogP contribution in [-0.2, 0) is 24.2 Å². The predicted octanol–water partition coefficient (Wildman–Crippen LogP) is 0.514. The van der Waals surface area contributed by atoms with Gasteiger partial charge >= 0.3 is 0 Å². The lowest BCUT2D eigenvalue weighted by atomic mass is 9.97. The van der Waals surface area contributed by atoms with Crippen molar-refractivity contribution < 1.29 is 4.79 Å².